The number of esters is 3. The maximum atomic E-state index is 13.0. The Morgan fingerprint density at radius 3 is 1.20 bits per heavy atom. The van der Waals surface area contributed by atoms with E-state index in [4.69, 9.17) is 31.4 Å². The lowest BCUT2D eigenvalue weighted by molar-refractivity contribution is -0.159. The summed E-state index contributed by atoms with van der Waals surface area (Å²) in [6, 6.07) is 0. The van der Waals surface area contributed by atoms with Crippen molar-refractivity contribution in [3.8, 4) is 0 Å². The number of hydrogen-bond acceptors (Lipinski definition) is 10. The van der Waals surface area contributed by atoms with E-state index in [1.165, 1.54) is 44.9 Å². The maximum absolute atomic E-state index is 13.0. The molecule has 11 nitrogen and oxygen atoms in total. The number of hydrogen-bond donors (Lipinski definition) is 4. The summed E-state index contributed by atoms with van der Waals surface area (Å²) in [6.45, 7) is 2.23. The van der Waals surface area contributed by atoms with Gasteiger partial charge in [0.15, 0.2) is 0 Å². The van der Waals surface area contributed by atoms with Crippen LogP contribution in [0.15, 0.2) is 0 Å². The Kier molecular flexibility index (Phi) is 25.2. The van der Waals surface area contributed by atoms with Crippen LogP contribution >= 0.6 is 0 Å². The molecular weight excluding hydrogens is 528 g/mol. The zero-order valence-corrected chi connectivity index (χ0v) is 25.6. The Hall–Kier alpha value is -2.24. The number of nitrogens with one attached hydrogen (secondary N) is 1. The fraction of sp³-hybridized carbons (Fsp3) is 0.867. The van der Waals surface area contributed by atoms with Crippen molar-refractivity contribution in [2.24, 2.45) is 17.2 Å². The van der Waals surface area contributed by atoms with E-state index in [0.717, 1.165) is 19.3 Å². The Bertz CT molecular complexity index is 647. The first-order chi connectivity index (χ1) is 19.8. The zero-order chi connectivity index (χ0) is 30.6. The van der Waals surface area contributed by atoms with E-state index in [1.54, 1.807) is 0 Å². The summed E-state index contributed by atoms with van der Waals surface area (Å²) in [5.41, 5.74) is 15.0. The fourth-order valence-electron chi connectivity index (χ4n) is 4.15. The molecule has 0 aromatic carbocycles. The van der Waals surface area contributed by atoms with Crippen molar-refractivity contribution in [3.63, 3.8) is 0 Å². The van der Waals surface area contributed by atoms with Crippen LogP contribution in [-0.2, 0) is 33.4 Å². The topological polar surface area (TPSA) is 186 Å². The summed E-state index contributed by atoms with van der Waals surface area (Å²) in [6.07, 6.45) is 14.7. The van der Waals surface area contributed by atoms with Gasteiger partial charge in [-0.3, -0.25) is 19.2 Å². The maximum Gasteiger partial charge on any atom is 0.305 e. The number of carbonyl (C=O) groups is 4. The normalized spacial score (nSPS) is 11.2. The molecule has 1 amide bonds. The summed E-state index contributed by atoms with van der Waals surface area (Å²) in [5, 5.41) is 2.86. The molecule has 0 unspecified atom stereocenters. The van der Waals surface area contributed by atoms with Crippen LogP contribution in [0.5, 0.6) is 0 Å². The molecule has 0 aromatic heterocycles. The molecule has 0 saturated carbocycles. The fourth-order valence-corrected chi connectivity index (χ4v) is 4.15. The molecule has 0 aliphatic heterocycles. The molecule has 0 bridgehead atoms. The van der Waals surface area contributed by atoms with E-state index < -0.39 is 23.4 Å². The molecule has 41 heavy (non-hydrogen) atoms. The number of ether oxygens (including phenoxy) is 3. The molecule has 0 heterocycles. The van der Waals surface area contributed by atoms with E-state index in [1.807, 2.05) is 0 Å². The molecule has 0 rings (SSSR count). The van der Waals surface area contributed by atoms with Crippen molar-refractivity contribution in [2.75, 3.05) is 39.5 Å². The van der Waals surface area contributed by atoms with Crippen molar-refractivity contribution in [1.82, 2.24) is 5.32 Å². The second kappa shape index (κ2) is 26.6. The van der Waals surface area contributed by atoms with Crippen LogP contribution in [0.1, 0.15) is 122 Å². The minimum Gasteiger partial charge on any atom is -0.463 e. The van der Waals surface area contributed by atoms with Gasteiger partial charge in [0.05, 0.1) is 0 Å². The van der Waals surface area contributed by atoms with Gasteiger partial charge in [-0.2, -0.15) is 0 Å². The Morgan fingerprint density at radius 1 is 0.512 bits per heavy atom. The first-order valence-electron chi connectivity index (χ1n) is 15.7. The zero-order valence-electron chi connectivity index (χ0n) is 25.6. The summed E-state index contributed by atoms with van der Waals surface area (Å²) in [4.78, 5) is 49.7. The summed E-state index contributed by atoms with van der Waals surface area (Å²) in [5.74, 6) is -1.83. The van der Waals surface area contributed by atoms with E-state index >= 15 is 0 Å². The van der Waals surface area contributed by atoms with Gasteiger partial charge in [0, 0.05) is 25.7 Å². The van der Waals surface area contributed by atoms with Gasteiger partial charge in [0.2, 0.25) is 5.91 Å². The first kappa shape index (κ1) is 38.8. The average molecular weight is 587 g/mol. The molecule has 0 radical (unpaired) electrons. The first-order valence-corrected chi connectivity index (χ1v) is 15.7. The van der Waals surface area contributed by atoms with E-state index in [-0.39, 0.29) is 51.4 Å². The Morgan fingerprint density at radius 2 is 0.854 bits per heavy atom. The molecule has 7 N–H and O–H groups in total. The van der Waals surface area contributed by atoms with Gasteiger partial charge in [-0.05, 0) is 45.3 Å². The highest BCUT2D eigenvalue weighted by Crippen LogP contribution is 2.15. The third kappa shape index (κ3) is 23.1. The van der Waals surface area contributed by atoms with Crippen LogP contribution in [0.3, 0.4) is 0 Å². The molecule has 0 aromatic rings. The minimum atomic E-state index is -1.43. The van der Waals surface area contributed by atoms with Gasteiger partial charge < -0.3 is 36.7 Å². The molecule has 0 atom stereocenters. The molecule has 0 saturated heterocycles. The Labute approximate surface area is 247 Å². The number of amides is 1. The van der Waals surface area contributed by atoms with Gasteiger partial charge >= 0.3 is 17.9 Å². The van der Waals surface area contributed by atoms with Crippen molar-refractivity contribution in [3.05, 3.63) is 0 Å². The molecule has 0 aliphatic carbocycles. The number of nitrogens with two attached hydrogens (primary N) is 3. The van der Waals surface area contributed by atoms with Crippen molar-refractivity contribution in [2.45, 2.75) is 128 Å². The van der Waals surface area contributed by atoms with Gasteiger partial charge in [-0.25, -0.2) is 0 Å². The predicted molar refractivity (Wildman–Crippen MR) is 160 cm³/mol. The van der Waals surface area contributed by atoms with Crippen molar-refractivity contribution >= 4 is 23.8 Å². The lowest BCUT2D eigenvalue weighted by Crippen LogP contribution is -2.59. The van der Waals surface area contributed by atoms with Crippen LogP contribution in [0.4, 0.5) is 0 Å². The van der Waals surface area contributed by atoms with Crippen LogP contribution in [-0.4, -0.2) is 68.8 Å². The van der Waals surface area contributed by atoms with Crippen LogP contribution in [0.2, 0.25) is 0 Å². The highest BCUT2D eigenvalue weighted by atomic mass is 16.6. The Balaban J connectivity index is 5.10. The molecule has 0 spiro atoms. The number of carbonyl (C=O) groups excluding carboxylic acids is 4. The van der Waals surface area contributed by atoms with Gasteiger partial charge in [0.1, 0.15) is 25.4 Å². The number of unbranched alkanes of at least 4 members (excludes halogenated alkanes) is 10. The van der Waals surface area contributed by atoms with Crippen LogP contribution < -0.4 is 22.5 Å². The molecular formula is C30H58N4O7. The largest absolute Gasteiger partial charge is 0.463 e. The van der Waals surface area contributed by atoms with E-state index in [0.29, 0.717) is 45.3 Å². The molecule has 240 valence electrons. The standard InChI is InChI=1S/C30H58N4O7/c1-2-3-4-5-6-7-8-9-10-11-12-16-26(35)34-30(23-39-27(36)17-13-20-31,24-40-28(37)18-14-21-32)25-41-29(38)19-15-22-33/h2-25,31-33H2,1H3,(H,34,35). The third-order valence-corrected chi connectivity index (χ3v) is 6.70. The van der Waals surface area contributed by atoms with Crippen molar-refractivity contribution < 1.29 is 33.4 Å². The highest BCUT2D eigenvalue weighted by Gasteiger charge is 2.37. The summed E-state index contributed by atoms with van der Waals surface area (Å²) in [7, 11) is 0. The summed E-state index contributed by atoms with van der Waals surface area (Å²) >= 11 is 0. The van der Waals surface area contributed by atoms with Crippen molar-refractivity contribution in [1.29, 1.82) is 0 Å². The second-order valence-electron chi connectivity index (χ2n) is 10.8. The SMILES string of the molecule is CCCCCCCCCCCCCC(=O)NC(COC(=O)CCCN)(COC(=O)CCCN)COC(=O)CCCN. The van der Waals surface area contributed by atoms with E-state index in [2.05, 4.69) is 12.2 Å². The third-order valence-electron chi connectivity index (χ3n) is 6.70. The lowest BCUT2D eigenvalue weighted by atomic mass is 10.0. The smallest absolute Gasteiger partial charge is 0.305 e. The number of rotatable bonds is 28. The molecule has 0 aliphatic rings. The monoisotopic (exact) mass is 586 g/mol. The minimum absolute atomic E-state index is 0.103. The van der Waals surface area contributed by atoms with Gasteiger partial charge in [0.25, 0.3) is 0 Å². The average Bonchev–Trinajstić information content (AvgIpc) is 2.97. The molecule has 11 heteroatoms. The van der Waals surface area contributed by atoms with Crippen LogP contribution in [0, 0.1) is 0 Å². The van der Waals surface area contributed by atoms with Crippen LogP contribution in [0.25, 0.3) is 0 Å². The van der Waals surface area contributed by atoms with Gasteiger partial charge in [-0.1, -0.05) is 71.1 Å². The lowest BCUT2D eigenvalue weighted by Gasteiger charge is -2.33. The predicted octanol–water partition coefficient (Wildman–Crippen LogP) is 3.39. The summed E-state index contributed by atoms with van der Waals surface area (Å²) < 4.78 is 16.3. The van der Waals surface area contributed by atoms with Gasteiger partial charge in [-0.15, -0.1) is 0 Å². The molecule has 0 fully saturated rings. The quantitative estimate of drug-likeness (QED) is 0.0601. The highest BCUT2D eigenvalue weighted by molar-refractivity contribution is 5.77. The van der Waals surface area contributed by atoms with E-state index in [9.17, 15) is 19.2 Å². The second-order valence-corrected chi connectivity index (χ2v) is 10.8.